The summed E-state index contributed by atoms with van der Waals surface area (Å²) in [6.07, 6.45) is -8.18. The molecule has 0 radical (unpaired) electrons. The monoisotopic (exact) mass is 1140 g/mol. The van der Waals surface area contributed by atoms with Crippen molar-refractivity contribution in [2.75, 3.05) is 19.8 Å². The van der Waals surface area contributed by atoms with Crippen molar-refractivity contribution in [3.8, 4) is 0 Å². The van der Waals surface area contributed by atoms with E-state index in [1.165, 1.54) is 39.8 Å². The molecule has 4 aliphatic rings. The number of thioether (sulfide) groups is 1. The highest BCUT2D eigenvalue weighted by Crippen LogP contribution is 2.67. The summed E-state index contributed by atoms with van der Waals surface area (Å²) >= 11 is 36.9. The zero-order valence-electron chi connectivity index (χ0n) is 40.3. The van der Waals surface area contributed by atoms with Gasteiger partial charge >= 0.3 is 29.8 Å². The lowest BCUT2D eigenvalue weighted by Gasteiger charge is -2.67. The van der Waals surface area contributed by atoms with Crippen LogP contribution in [0.4, 0.5) is 4.79 Å². The molecule has 3 N–H and O–H groups in total. The highest BCUT2D eigenvalue weighted by Gasteiger charge is 2.79. The first-order valence-electron chi connectivity index (χ1n) is 22.6. The van der Waals surface area contributed by atoms with Crippen molar-refractivity contribution in [2.24, 2.45) is 28.6 Å². The normalized spacial score (nSPS) is 29.8. The molecule has 1 aliphatic heterocycles. The summed E-state index contributed by atoms with van der Waals surface area (Å²) in [6.45, 7) is 9.69. The van der Waals surface area contributed by atoms with Crippen molar-refractivity contribution in [3.05, 3.63) is 82.9 Å². The van der Waals surface area contributed by atoms with Crippen molar-refractivity contribution in [1.82, 2.24) is 5.32 Å². The lowest BCUT2D eigenvalue weighted by atomic mass is 9.42. The maximum Gasteiger partial charge on any atom is 0.338 e. The van der Waals surface area contributed by atoms with Gasteiger partial charge < -0.3 is 44.0 Å². The van der Waals surface area contributed by atoms with Crippen molar-refractivity contribution in [2.45, 2.75) is 122 Å². The predicted molar refractivity (Wildman–Crippen MR) is 268 cm³/mol. The number of hydrogen-bond donors (Lipinski definition) is 3. The standard InChI is InChI=1S/C49H55Cl6NO15S/c1-24-29(69-41(63)33(58)34(26-15-11-9-12-16-26)72-42(64)56-43(3,4)5)20-47(65)37(70-38(60)27-17-13-10-14-18-27)35-45(8,36(59)31(32(24)44(47,6)7)40(62)68-23-49(53,54)55)28(39(61)67-22-48(50,51)52)19-30-46(35,21-66-30)71-25(2)57/h9-18,28-31,33-35,37,58,65H,19-23H2,1-8H3,(H,56,64)/t28-,29+,30-,31-,33-,34+,35+,37+,45-,46+,47-/m1/s1. The Bertz CT molecular complexity index is 2480. The minimum Gasteiger partial charge on any atom is -0.461 e. The molecule has 2 aromatic rings. The van der Waals surface area contributed by atoms with Gasteiger partial charge in [0, 0.05) is 24.3 Å². The van der Waals surface area contributed by atoms with Gasteiger partial charge in [-0.05, 0) is 63.0 Å². The van der Waals surface area contributed by atoms with Gasteiger partial charge in [0.05, 0.1) is 34.7 Å². The maximum absolute atomic E-state index is 16.4. The van der Waals surface area contributed by atoms with Gasteiger partial charge in [0.15, 0.2) is 17.5 Å². The summed E-state index contributed by atoms with van der Waals surface area (Å²) in [7, 11) is 0. The molecule has 0 aromatic heterocycles. The second kappa shape index (κ2) is 21.3. The van der Waals surface area contributed by atoms with E-state index in [0.29, 0.717) is 17.3 Å². The summed E-state index contributed by atoms with van der Waals surface area (Å²) < 4.78 is 31.5. The fourth-order valence-electron chi connectivity index (χ4n) is 10.6. The number of hydrogen-bond acceptors (Lipinski definition) is 16. The van der Waals surface area contributed by atoms with E-state index in [2.05, 4.69) is 5.32 Å². The number of aliphatic hydroxyl groups is 2. The minimum atomic E-state index is -2.63. The molecule has 1 heterocycles. The Morgan fingerprint density at radius 1 is 0.861 bits per heavy atom. The number of alkyl halides is 6. The molecule has 1 saturated heterocycles. The van der Waals surface area contributed by atoms with E-state index in [4.69, 9.17) is 98.0 Å². The van der Waals surface area contributed by atoms with E-state index in [1.54, 1.807) is 69.3 Å². The van der Waals surface area contributed by atoms with Crippen molar-refractivity contribution < 1.29 is 72.2 Å². The highest BCUT2D eigenvalue weighted by molar-refractivity contribution is 8.13. The van der Waals surface area contributed by atoms with E-state index in [9.17, 15) is 39.0 Å². The van der Waals surface area contributed by atoms with Crippen LogP contribution in [0.25, 0.3) is 0 Å². The molecule has 16 nitrogen and oxygen atoms in total. The van der Waals surface area contributed by atoms with E-state index in [1.807, 2.05) is 0 Å². The second-order valence-electron chi connectivity index (χ2n) is 20.2. The van der Waals surface area contributed by atoms with E-state index in [-0.39, 0.29) is 16.7 Å². The third-order valence-electron chi connectivity index (χ3n) is 13.9. The third kappa shape index (κ3) is 11.7. The number of nitrogens with one attached hydrogen (secondary N) is 1. The quantitative estimate of drug-likeness (QED) is 0.0597. The Hall–Kier alpha value is -3.36. The minimum absolute atomic E-state index is 0.00956. The number of carbonyl (C=O) groups is 7. The molecular formula is C49H55Cl6NO15S. The fraction of sp³-hybridized carbons (Fsp3) is 0.571. The van der Waals surface area contributed by atoms with Gasteiger partial charge in [-0.1, -0.05) is 151 Å². The number of ether oxygens (including phenoxy) is 6. The largest absolute Gasteiger partial charge is 0.461 e. The maximum atomic E-state index is 16.4. The lowest BCUT2D eigenvalue weighted by molar-refractivity contribution is -0.339. The van der Waals surface area contributed by atoms with Crippen molar-refractivity contribution in [1.29, 1.82) is 0 Å². The number of ketones is 1. The van der Waals surface area contributed by atoms with Gasteiger partial charge in [-0.2, -0.15) is 0 Å². The first-order valence-corrected chi connectivity index (χ1v) is 25.8. The van der Waals surface area contributed by atoms with Crippen LogP contribution in [0, 0.1) is 28.6 Å². The number of Topliss-reactive ketones (excluding diaryl/α,β-unsaturated/α-hetero) is 1. The predicted octanol–water partition coefficient (Wildman–Crippen LogP) is 8.31. The molecule has 3 aliphatic carbocycles. The van der Waals surface area contributed by atoms with Gasteiger partial charge in [-0.15, -0.1) is 0 Å². The second-order valence-corrected chi connectivity index (χ2v) is 26.3. The van der Waals surface area contributed by atoms with E-state index >= 15 is 4.79 Å². The van der Waals surface area contributed by atoms with Gasteiger partial charge in [-0.3, -0.25) is 24.0 Å². The molecule has 23 heteroatoms. The molecule has 72 heavy (non-hydrogen) atoms. The molecule has 0 spiro atoms. The molecule has 2 aromatic carbocycles. The molecular weight excluding hydrogens is 1090 g/mol. The van der Waals surface area contributed by atoms with Crippen molar-refractivity contribution in [3.63, 3.8) is 0 Å². The van der Waals surface area contributed by atoms with Crippen LogP contribution in [-0.4, -0.2) is 120 Å². The van der Waals surface area contributed by atoms with E-state index in [0.717, 1.165) is 6.92 Å². The van der Waals surface area contributed by atoms with Crippen LogP contribution in [0.2, 0.25) is 0 Å². The molecule has 11 atom stereocenters. The molecule has 2 bridgehead atoms. The Balaban J connectivity index is 1.63. The summed E-state index contributed by atoms with van der Waals surface area (Å²) in [4.78, 5) is 102. The van der Waals surface area contributed by atoms with Crippen LogP contribution in [0.1, 0.15) is 89.4 Å². The molecule has 2 saturated carbocycles. The van der Waals surface area contributed by atoms with Gasteiger partial charge in [-0.25, -0.2) is 9.59 Å². The first kappa shape index (κ1) is 57.9. The van der Waals surface area contributed by atoms with Crippen LogP contribution in [0.3, 0.4) is 0 Å². The molecule has 0 unspecified atom stereocenters. The Morgan fingerprint density at radius 3 is 1.93 bits per heavy atom. The number of amides is 1. The number of aliphatic hydroxyl groups excluding tert-OH is 1. The van der Waals surface area contributed by atoms with Crippen LogP contribution in [-0.2, 0) is 52.4 Å². The number of rotatable bonds is 12. The summed E-state index contributed by atoms with van der Waals surface area (Å²) in [5.74, 6) is -12.6. The van der Waals surface area contributed by atoms with Gasteiger partial charge in [0.1, 0.15) is 43.0 Å². The number of esters is 5. The van der Waals surface area contributed by atoms with Crippen LogP contribution >= 0.6 is 81.4 Å². The van der Waals surface area contributed by atoms with Gasteiger partial charge in [0.2, 0.25) is 7.59 Å². The first-order chi connectivity index (χ1) is 33.2. The average molecular weight is 1140 g/mol. The Morgan fingerprint density at radius 2 is 1.42 bits per heavy atom. The number of benzene rings is 2. The summed E-state index contributed by atoms with van der Waals surface area (Å²) in [5, 5.41) is 26.9. The topological polar surface area (TPSA) is 227 Å². The van der Waals surface area contributed by atoms with Crippen LogP contribution in [0.5, 0.6) is 0 Å². The zero-order valence-corrected chi connectivity index (χ0v) is 45.7. The smallest absolute Gasteiger partial charge is 0.338 e. The zero-order chi connectivity index (χ0) is 53.7. The number of fused-ring (bicyclic) bond motifs is 5. The Labute approximate surface area is 450 Å². The lowest BCUT2D eigenvalue weighted by Crippen LogP contribution is -2.81. The summed E-state index contributed by atoms with van der Waals surface area (Å²) in [6, 6.07) is 15.7. The molecule has 6 rings (SSSR count). The number of halogens is 6. The highest BCUT2D eigenvalue weighted by atomic mass is 35.6. The van der Waals surface area contributed by atoms with Crippen LogP contribution in [0.15, 0.2) is 71.8 Å². The average Bonchev–Trinajstić information content (AvgIpc) is 3.27. The number of carbonyl (C=O) groups excluding carboxylic acids is 7. The van der Waals surface area contributed by atoms with Crippen molar-refractivity contribution >= 4 is 122 Å². The third-order valence-corrected chi connectivity index (χ3v) is 15.7. The SMILES string of the molecule is CC(=O)O[C@@]12CO[C@@H]1C[C@H](C(=O)OCC(Cl)(Cl)Cl)[C@@]1(C)C(=O)[C@H](C(=O)OCC(Cl)(Cl)Cl)C3=C(C)[C@@H](OC(=O)[C@H](O)[C@@H](SC(=O)NC(C)(C)C)c4ccccc4)C[C@@](O)([C@@H](OC(=O)c4ccccc4)[C@H]21)C3(C)C. The molecule has 1 amide bonds. The van der Waals surface area contributed by atoms with E-state index < -0.39 is 156 Å². The van der Waals surface area contributed by atoms with Crippen LogP contribution < -0.4 is 5.32 Å². The fourth-order valence-corrected chi connectivity index (χ4v) is 12.1. The summed E-state index contributed by atoms with van der Waals surface area (Å²) in [5.41, 5.74) is -9.56. The molecule has 3 fully saturated rings. The molecule has 394 valence electrons. The Kier molecular flexibility index (Phi) is 17.2. The van der Waals surface area contributed by atoms with Gasteiger partial charge in [0.25, 0.3) is 5.24 Å².